The standard InChI is InChI=1S/C36H16F6N4/c37-35(38,39)23-7-1-19(2-8-23)21-5-11-25-27-15-32-28(16-31(27)33(45-17-43)29(25)13-21)26-12-6-22(14-30(26)34(32)46-18-44)20-3-9-24(10-4-20)36(40,41)42/h1-16H. The van der Waals surface area contributed by atoms with Gasteiger partial charge in [-0.1, -0.05) is 48.5 Å². The summed E-state index contributed by atoms with van der Waals surface area (Å²) in [5.41, 5.74) is 0.900. The van der Waals surface area contributed by atoms with Crippen LogP contribution in [0.2, 0.25) is 0 Å². The summed E-state index contributed by atoms with van der Waals surface area (Å²) >= 11 is 0. The summed E-state index contributed by atoms with van der Waals surface area (Å²) in [6.45, 7) is 0. The predicted molar refractivity (Wildman–Crippen MR) is 162 cm³/mol. The van der Waals surface area contributed by atoms with Gasteiger partial charge in [-0.25, -0.2) is 0 Å². The molecule has 0 aliphatic heterocycles. The minimum atomic E-state index is -4.46. The van der Waals surface area contributed by atoms with Crippen molar-refractivity contribution in [2.24, 2.45) is 9.98 Å². The predicted octanol–water partition coefficient (Wildman–Crippen LogP) is 9.31. The molecular formula is C36H16F6N4. The topological polar surface area (TPSA) is 72.3 Å². The molecule has 0 aliphatic rings. The van der Waals surface area contributed by atoms with Gasteiger partial charge in [0.15, 0.2) is 0 Å². The quantitative estimate of drug-likeness (QED) is 0.143. The molecule has 0 spiro atoms. The Hall–Kier alpha value is -6.00. The minimum absolute atomic E-state index is 0.401. The number of hydrogen-bond acceptors (Lipinski definition) is 4. The molecule has 0 unspecified atom stereocenters. The molecule has 7 rings (SSSR count). The second-order valence-electron chi connectivity index (χ2n) is 10.7. The van der Waals surface area contributed by atoms with Gasteiger partial charge in [-0.15, -0.1) is 0 Å². The van der Waals surface area contributed by atoms with Crippen LogP contribution in [0.1, 0.15) is 11.1 Å². The first kappa shape index (κ1) is 28.8. The number of fused-ring (bicyclic) bond motifs is 6. The minimum Gasteiger partial charge on any atom is -0.172 e. The first-order valence-electron chi connectivity index (χ1n) is 13.7. The Morgan fingerprint density at radius 3 is 1.04 bits per heavy atom. The number of alkyl halides is 6. The van der Waals surface area contributed by atoms with Crippen LogP contribution in [0, 0.1) is 22.9 Å². The zero-order valence-electron chi connectivity index (χ0n) is 23.3. The lowest BCUT2D eigenvalue weighted by molar-refractivity contribution is -0.138. The van der Waals surface area contributed by atoms with Crippen LogP contribution in [0.5, 0.6) is 0 Å². The van der Waals surface area contributed by atoms with Crippen molar-refractivity contribution >= 4 is 43.1 Å². The molecule has 0 saturated carbocycles. The lowest BCUT2D eigenvalue weighted by Crippen LogP contribution is -2.04. The normalized spacial score (nSPS) is 13.2. The number of hydrogen-bond donors (Lipinski definition) is 0. The van der Waals surface area contributed by atoms with E-state index in [1.807, 2.05) is 36.7 Å². The van der Waals surface area contributed by atoms with Crippen LogP contribution >= 0.6 is 0 Å². The molecule has 0 aromatic heterocycles. The van der Waals surface area contributed by atoms with Crippen LogP contribution in [0.25, 0.3) is 65.3 Å². The Labute approximate surface area is 255 Å². The van der Waals surface area contributed by atoms with Crippen LogP contribution < -0.4 is 10.7 Å². The van der Waals surface area contributed by atoms with Crippen molar-refractivity contribution in [1.82, 2.24) is 0 Å². The van der Waals surface area contributed by atoms with Crippen molar-refractivity contribution in [2.75, 3.05) is 0 Å². The molecule has 4 nitrogen and oxygen atoms in total. The fourth-order valence-electron chi connectivity index (χ4n) is 6.08. The van der Waals surface area contributed by atoms with Crippen LogP contribution in [-0.2, 0) is 12.4 Å². The van der Waals surface area contributed by atoms with Gasteiger partial charge in [0.25, 0.3) is 0 Å². The van der Waals surface area contributed by atoms with E-state index >= 15 is 0 Å². The maximum absolute atomic E-state index is 13.1. The highest BCUT2D eigenvalue weighted by atomic mass is 19.4. The van der Waals surface area contributed by atoms with Crippen molar-refractivity contribution in [1.29, 1.82) is 10.5 Å². The third kappa shape index (κ3) is 4.63. The summed E-state index contributed by atoms with van der Waals surface area (Å²) < 4.78 is 78.6. The molecule has 0 heterocycles. The van der Waals surface area contributed by atoms with E-state index in [1.54, 1.807) is 24.3 Å². The van der Waals surface area contributed by atoms with E-state index in [9.17, 15) is 36.9 Å². The largest absolute Gasteiger partial charge is 0.416 e. The van der Waals surface area contributed by atoms with Crippen LogP contribution in [0.15, 0.2) is 107 Å². The Kier molecular flexibility index (Phi) is 6.43. The Morgan fingerprint density at radius 1 is 0.391 bits per heavy atom. The molecule has 0 N–H and O–H groups in total. The van der Waals surface area contributed by atoms with Crippen LogP contribution in [0.4, 0.5) is 26.3 Å². The van der Waals surface area contributed by atoms with E-state index in [-0.39, 0.29) is 0 Å². The lowest BCUT2D eigenvalue weighted by atomic mass is 10.0. The first-order valence-corrected chi connectivity index (χ1v) is 13.7. The highest BCUT2D eigenvalue weighted by molar-refractivity contribution is 6.21. The van der Waals surface area contributed by atoms with E-state index in [4.69, 9.17) is 0 Å². The number of nitriles is 2. The lowest BCUT2D eigenvalue weighted by Gasteiger charge is -2.08. The van der Waals surface area contributed by atoms with Crippen molar-refractivity contribution in [2.45, 2.75) is 12.4 Å². The van der Waals surface area contributed by atoms with Crippen molar-refractivity contribution in [3.8, 4) is 34.6 Å². The maximum atomic E-state index is 13.1. The molecule has 0 amide bonds. The number of rotatable bonds is 2. The SMILES string of the molecule is N#CN=c1c2cc(-c3ccc(C(F)(F)F)cc3)ccc2c2cc3c(=NC#N)c4cc(-c5ccc(C(F)(F)F)cc5)ccc4c3cc12. The molecular weight excluding hydrogens is 602 g/mol. The van der Waals surface area contributed by atoms with Gasteiger partial charge in [-0.3, -0.25) is 0 Å². The van der Waals surface area contributed by atoms with Gasteiger partial charge in [0.05, 0.1) is 21.8 Å². The van der Waals surface area contributed by atoms with Crippen molar-refractivity contribution < 1.29 is 26.3 Å². The highest BCUT2D eigenvalue weighted by Gasteiger charge is 2.31. The number of nitrogens with zero attached hydrogens (tertiary/aromatic N) is 4. The third-order valence-corrected chi connectivity index (χ3v) is 8.21. The Bertz CT molecular complexity index is 2370. The molecule has 7 aromatic rings. The molecule has 0 saturated heterocycles. The zero-order chi connectivity index (χ0) is 32.4. The first-order chi connectivity index (χ1) is 22.0. The maximum Gasteiger partial charge on any atom is 0.416 e. The van der Waals surface area contributed by atoms with Gasteiger partial charge in [0, 0.05) is 21.5 Å². The number of benzene rings is 5. The van der Waals surface area contributed by atoms with Crippen LogP contribution in [0.3, 0.4) is 0 Å². The monoisotopic (exact) mass is 618 g/mol. The van der Waals surface area contributed by atoms with Gasteiger partial charge in [-0.2, -0.15) is 46.9 Å². The third-order valence-electron chi connectivity index (χ3n) is 8.21. The van der Waals surface area contributed by atoms with Crippen molar-refractivity contribution in [3.63, 3.8) is 0 Å². The average molecular weight is 619 g/mol. The second kappa shape index (κ2) is 10.3. The molecule has 0 fully saturated rings. The van der Waals surface area contributed by atoms with Crippen LogP contribution in [-0.4, -0.2) is 0 Å². The smallest absolute Gasteiger partial charge is 0.172 e. The fourth-order valence-corrected chi connectivity index (χ4v) is 6.08. The zero-order valence-corrected chi connectivity index (χ0v) is 23.3. The molecule has 46 heavy (non-hydrogen) atoms. The van der Waals surface area contributed by atoms with Gasteiger partial charge in [-0.05, 0) is 92.3 Å². The summed E-state index contributed by atoms with van der Waals surface area (Å²) in [6.07, 6.45) is -5.20. The molecule has 0 atom stereocenters. The Balaban J connectivity index is 1.44. The molecule has 0 radical (unpaired) electrons. The molecule has 10 heteroatoms. The molecule has 222 valence electrons. The molecule has 0 aliphatic carbocycles. The molecule has 0 bridgehead atoms. The highest BCUT2D eigenvalue weighted by Crippen LogP contribution is 2.37. The summed E-state index contributed by atoms with van der Waals surface area (Å²) in [7, 11) is 0. The summed E-state index contributed by atoms with van der Waals surface area (Å²) in [5, 5.41) is 25.5. The van der Waals surface area contributed by atoms with Crippen molar-refractivity contribution in [3.05, 3.63) is 119 Å². The van der Waals surface area contributed by atoms with Gasteiger partial charge < -0.3 is 0 Å². The summed E-state index contributed by atoms with van der Waals surface area (Å²) in [6, 6.07) is 24.1. The Morgan fingerprint density at radius 2 is 0.717 bits per heavy atom. The number of halogens is 6. The fraction of sp³-hybridized carbons (Fsp3) is 0.0556. The van der Waals surface area contributed by atoms with E-state index < -0.39 is 23.5 Å². The second-order valence-corrected chi connectivity index (χ2v) is 10.7. The molecule has 7 aromatic carbocycles. The van der Waals surface area contributed by atoms with Gasteiger partial charge in [0.1, 0.15) is 0 Å². The van der Waals surface area contributed by atoms with E-state index in [0.29, 0.717) is 54.5 Å². The van der Waals surface area contributed by atoms with Gasteiger partial charge >= 0.3 is 12.4 Å². The van der Waals surface area contributed by atoms with E-state index in [2.05, 4.69) is 9.98 Å². The van der Waals surface area contributed by atoms with Gasteiger partial charge in [0.2, 0.25) is 12.4 Å². The van der Waals surface area contributed by atoms with E-state index in [1.165, 1.54) is 24.3 Å². The average Bonchev–Trinajstić information content (AvgIpc) is 3.50. The summed E-state index contributed by atoms with van der Waals surface area (Å²) in [4.78, 5) is 8.23. The summed E-state index contributed by atoms with van der Waals surface area (Å²) in [5.74, 6) is 0. The van der Waals surface area contributed by atoms with E-state index in [0.717, 1.165) is 45.8 Å².